The monoisotopic (exact) mass is 416 g/mol. The second-order valence-electron chi connectivity index (χ2n) is 8.75. The smallest absolute Gasteiger partial charge is 0.161 e. The Morgan fingerprint density at radius 3 is 2.70 bits per heavy atom. The first-order valence-electron chi connectivity index (χ1n) is 11.7. The first-order chi connectivity index (χ1) is 14.7. The van der Waals surface area contributed by atoms with Gasteiger partial charge in [-0.3, -0.25) is 5.01 Å². The van der Waals surface area contributed by atoms with E-state index < -0.39 is 6.10 Å². The number of fused-ring (bicyclic) bond motifs is 1. The minimum atomic E-state index is -0.654. The van der Waals surface area contributed by atoms with Gasteiger partial charge in [0.25, 0.3) is 0 Å². The summed E-state index contributed by atoms with van der Waals surface area (Å²) < 4.78 is 11.4. The van der Waals surface area contributed by atoms with Crippen LogP contribution in [0.5, 0.6) is 11.5 Å². The zero-order chi connectivity index (χ0) is 20.8. The van der Waals surface area contributed by atoms with Gasteiger partial charge in [-0.2, -0.15) is 5.11 Å². The highest BCUT2D eigenvalue weighted by Crippen LogP contribution is 2.35. The van der Waals surface area contributed by atoms with Crippen molar-refractivity contribution in [3.8, 4) is 11.5 Å². The second kappa shape index (κ2) is 10.4. The lowest BCUT2D eigenvalue weighted by molar-refractivity contribution is 0.0341. The number of aliphatic hydroxyl groups excluding tert-OH is 1. The average molecular weight is 417 g/mol. The summed E-state index contributed by atoms with van der Waals surface area (Å²) in [5.41, 5.74) is 0.852. The van der Waals surface area contributed by atoms with Crippen molar-refractivity contribution >= 4 is 0 Å². The van der Waals surface area contributed by atoms with Crippen molar-refractivity contribution in [2.24, 2.45) is 10.3 Å². The van der Waals surface area contributed by atoms with E-state index in [1.165, 1.54) is 38.5 Å². The number of unbranched alkanes of at least 4 members (excludes halogenated alkanes) is 3. The molecule has 3 aliphatic heterocycles. The fourth-order valence-electron chi connectivity index (χ4n) is 4.64. The summed E-state index contributed by atoms with van der Waals surface area (Å²) in [5, 5.41) is 22.4. The van der Waals surface area contributed by atoms with Crippen molar-refractivity contribution in [2.45, 2.75) is 70.1 Å². The Bertz CT molecular complexity index is 708. The first kappa shape index (κ1) is 21.4. The molecule has 7 nitrogen and oxygen atoms in total. The molecule has 7 heteroatoms. The molecule has 0 bridgehead atoms. The van der Waals surface area contributed by atoms with E-state index in [9.17, 15) is 5.11 Å². The maximum Gasteiger partial charge on any atom is 0.161 e. The van der Waals surface area contributed by atoms with Crippen LogP contribution >= 0.6 is 0 Å². The molecule has 166 valence electrons. The molecule has 0 aromatic heterocycles. The molecule has 3 aliphatic rings. The molecule has 1 N–H and O–H groups in total. The molecule has 1 aromatic rings. The van der Waals surface area contributed by atoms with Gasteiger partial charge in [0.05, 0.1) is 18.6 Å². The van der Waals surface area contributed by atoms with Crippen LogP contribution in [-0.4, -0.2) is 66.5 Å². The molecule has 3 heterocycles. The molecule has 30 heavy (non-hydrogen) atoms. The molecular formula is C23H36N4O3. The van der Waals surface area contributed by atoms with E-state index in [0.717, 1.165) is 49.7 Å². The maximum atomic E-state index is 11.4. The molecule has 0 aliphatic carbocycles. The topological polar surface area (TPSA) is 69.9 Å². The molecule has 4 rings (SSSR count). The number of nitrogens with zero attached hydrogens (tertiary/aromatic N) is 4. The van der Waals surface area contributed by atoms with Crippen LogP contribution in [-0.2, 0) is 0 Å². The van der Waals surface area contributed by atoms with Crippen molar-refractivity contribution in [1.82, 2.24) is 9.91 Å². The predicted molar refractivity (Wildman–Crippen MR) is 116 cm³/mol. The Morgan fingerprint density at radius 1 is 1.10 bits per heavy atom. The molecule has 1 unspecified atom stereocenters. The van der Waals surface area contributed by atoms with E-state index >= 15 is 0 Å². The maximum absolute atomic E-state index is 11.4. The normalized spacial score (nSPS) is 23.1. The van der Waals surface area contributed by atoms with Crippen molar-refractivity contribution in [2.75, 3.05) is 39.4 Å². The number of aliphatic hydroxyl groups is 1. The van der Waals surface area contributed by atoms with E-state index in [1.54, 1.807) is 0 Å². The SMILES string of the molecule is CCCCCCC1CN([C@H](CN2CCCC2)[C@H](O)c2ccc3c(c2)OCCO3)N=N1. The van der Waals surface area contributed by atoms with Crippen LogP contribution in [0.2, 0.25) is 0 Å². The molecule has 0 amide bonds. The van der Waals surface area contributed by atoms with Crippen LogP contribution in [0.25, 0.3) is 0 Å². The molecule has 1 saturated heterocycles. The third-order valence-corrected chi connectivity index (χ3v) is 6.42. The van der Waals surface area contributed by atoms with Gasteiger partial charge in [0, 0.05) is 6.54 Å². The number of likely N-dealkylation sites (tertiary alicyclic amines) is 1. The average Bonchev–Trinajstić information content (AvgIpc) is 3.46. The zero-order valence-electron chi connectivity index (χ0n) is 18.2. The van der Waals surface area contributed by atoms with E-state index in [-0.39, 0.29) is 12.1 Å². The van der Waals surface area contributed by atoms with Crippen molar-refractivity contribution < 1.29 is 14.6 Å². The third kappa shape index (κ3) is 5.24. The summed E-state index contributed by atoms with van der Waals surface area (Å²) in [5.74, 6) is 1.47. The van der Waals surface area contributed by atoms with Crippen molar-refractivity contribution in [3.63, 3.8) is 0 Å². The van der Waals surface area contributed by atoms with E-state index in [4.69, 9.17) is 9.47 Å². The number of hydrogen-bond donors (Lipinski definition) is 1. The Balaban J connectivity index is 1.44. The molecule has 1 aromatic carbocycles. The standard InChI is InChI=1S/C23H36N4O3/c1-2-3-4-5-8-19-16-27(25-24-19)20(17-26-11-6-7-12-26)23(28)18-9-10-21-22(15-18)30-14-13-29-21/h9-10,15,19-20,23,28H,2-8,11-14,16-17H2,1H3/t19?,20-,23-/m1/s1. The highest BCUT2D eigenvalue weighted by atomic mass is 16.6. The van der Waals surface area contributed by atoms with Gasteiger partial charge in [0.1, 0.15) is 19.3 Å². The summed E-state index contributed by atoms with van der Waals surface area (Å²) in [6.45, 7) is 7.14. The highest BCUT2D eigenvalue weighted by molar-refractivity contribution is 5.44. The van der Waals surface area contributed by atoms with Gasteiger partial charge in [-0.1, -0.05) is 43.9 Å². The van der Waals surface area contributed by atoms with Gasteiger partial charge in [-0.05, 0) is 50.0 Å². The van der Waals surface area contributed by atoms with Gasteiger partial charge in [0.2, 0.25) is 0 Å². The van der Waals surface area contributed by atoms with Gasteiger partial charge in [-0.25, -0.2) is 0 Å². The van der Waals surface area contributed by atoms with E-state index in [2.05, 4.69) is 22.2 Å². The second-order valence-corrected chi connectivity index (χ2v) is 8.75. The van der Waals surface area contributed by atoms with Crippen LogP contribution in [0, 0.1) is 0 Å². The zero-order valence-corrected chi connectivity index (χ0v) is 18.2. The van der Waals surface area contributed by atoms with Crippen LogP contribution in [0.4, 0.5) is 0 Å². The highest BCUT2D eigenvalue weighted by Gasteiger charge is 2.34. The van der Waals surface area contributed by atoms with Gasteiger partial charge >= 0.3 is 0 Å². The van der Waals surface area contributed by atoms with Crippen LogP contribution in [0.15, 0.2) is 28.5 Å². The summed E-state index contributed by atoms with van der Waals surface area (Å²) in [4.78, 5) is 2.44. The lowest BCUT2D eigenvalue weighted by Crippen LogP contribution is -2.45. The van der Waals surface area contributed by atoms with Crippen LogP contribution in [0.1, 0.15) is 63.5 Å². The molecule has 0 saturated carbocycles. The van der Waals surface area contributed by atoms with Crippen LogP contribution in [0.3, 0.4) is 0 Å². The number of hydrogen-bond acceptors (Lipinski definition) is 7. The predicted octanol–water partition coefficient (Wildman–Crippen LogP) is 3.98. The third-order valence-electron chi connectivity index (χ3n) is 6.42. The Labute approximate surface area is 180 Å². The summed E-state index contributed by atoms with van der Waals surface area (Å²) >= 11 is 0. The van der Waals surface area contributed by atoms with Crippen LogP contribution < -0.4 is 9.47 Å². The van der Waals surface area contributed by atoms with E-state index in [0.29, 0.717) is 13.2 Å². The Hall–Kier alpha value is -1.86. The molecule has 3 atom stereocenters. The first-order valence-corrected chi connectivity index (χ1v) is 11.7. The lowest BCUT2D eigenvalue weighted by Gasteiger charge is -2.33. The largest absolute Gasteiger partial charge is 0.486 e. The fourth-order valence-corrected chi connectivity index (χ4v) is 4.64. The molecular weight excluding hydrogens is 380 g/mol. The minimum absolute atomic E-state index is 0.116. The number of rotatable bonds is 10. The Kier molecular flexibility index (Phi) is 7.44. The van der Waals surface area contributed by atoms with Crippen molar-refractivity contribution in [3.05, 3.63) is 23.8 Å². The lowest BCUT2D eigenvalue weighted by atomic mass is 9.99. The minimum Gasteiger partial charge on any atom is -0.486 e. The fraction of sp³-hybridized carbons (Fsp3) is 0.739. The van der Waals surface area contributed by atoms with E-state index in [1.807, 2.05) is 23.2 Å². The van der Waals surface area contributed by atoms with Gasteiger partial charge < -0.3 is 19.5 Å². The quantitative estimate of drug-likeness (QED) is 0.584. The van der Waals surface area contributed by atoms with Gasteiger partial charge in [0.15, 0.2) is 11.5 Å². The number of ether oxygens (including phenoxy) is 2. The van der Waals surface area contributed by atoms with Crippen molar-refractivity contribution in [1.29, 1.82) is 0 Å². The molecule has 0 radical (unpaired) electrons. The summed E-state index contributed by atoms with van der Waals surface area (Å²) in [6.07, 6.45) is 7.89. The molecule has 1 fully saturated rings. The molecule has 0 spiro atoms. The number of benzene rings is 1. The summed E-state index contributed by atoms with van der Waals surface area (Å²) in [6, 6.07) is 5.91. The van der Waals surface area contributed by atoms with Gasteiger partial charge in [-0.15, -0.1) is 0 Å². The summed E-state index contributed by atoms with van der Waals surface area (Å²) in [7, 11) is 0. The Morgan fingerprint density at radius 2 is 1.90 bits per heavy atom.